The average Bonchev–Trinajstić information content (AvgIpc) is 2.15. The summed E-state index contributed by atoms with van der Waals surface area (Å²) in [5, 5.41) is 1.53. The SMILES string of the molecule is O=S(=O)(Cl)c1c([As])ccc2ccccc12. The van der Waals surface area contributed by atoms with Crippen molar-refractivity contribution in [3.63, 3.8) is 0 Å². The first-order chi connectivity index (χ1) is 7.00. The predicted octanol–water partition coefficient (Wildman–Crippen LogP) is 1.56. The van der Waals surface area contributed by atoms with E-state index in [4.69, 9.17) is 10.7 Å². The quantitative estimate of drug-likeness (QED) is 0.592. The van der Waals surface area contributed by atoms with Crippen molar-refractivity contribution in [2.45, 2.75) is 4.90 Å². The fraction of sp³-hybridized carbons (Fsp3) is 0. The van der Waals surface area contributed by atoms with Gasteiger partial charge in [-0.25, -0.2) is 0 Å². The third-order valence-corrected chi connectivity index (χ3v) is 4.60. The van der Waals surface area contributed by atoms with Crippen molar-refractivity contribution >= 4 is 51.7 Å². The molecule has 2 aromatic carbocycles. The third kappa shape index (κ3) is 2.05. The van der Waals surface area contributed by atoms with E-state index in [9.17, 15) is 8.42 Å². The first kappa shape index (κ1) is 11.0. The molecule has 2 aromatic rings. The molecule has 0 N–H and O–H groups in total. The zero-order valence-corrected chi connectivity index (χ0v) is 11.0. The Labute approximate surface area is 101 Å². The minimum atomic E-state index is -3.70. The Morgan fingerprint density at radius 2 is 1.73 bits per heavy atom. The monoisotopic (exact) mass is 300 g/mol. The van der Waals surface area contributed by atoms with Crippen molar-refractivity contribution in [2.75, 3.05) is 0 Å². The fourth-order valence-electron chi connectivity index (χ4n) is 1.49. The second-order valence-corrected chi connectivity index (χ2v) is 6.59. The van der Waals surface area contributed by atoms with Gasteiger partial charge >= 0.3 is 101 Å². The van der Waals surface area contributed by atoms with Crippen LogP contribution < -0.4 is 4.35 Å². The summed E-state index contributed by atoms with van der Waals surface area (Å²) in [6, 6.07) is 10.9. The molecule has 0 aromatic heterocycles. The summed E-state index contributed by atoms with van der Waals surface area (Å²) >= 11 is 2.22. The van der Waals surface area contributed by atoms with Crippen LogP contribution >= 0.6 is 10.7 Å². The number of benzene rings is 2. The van der Waals surface area contributed by atoms with Gasteiger partial charge in [0, 0.05) is 0 Å². The molecule has 0 unspecified atom stereocenters. The maximum atomic E-state index is 11.4. The summed E-state index contributed by atoms with van der Waals surface area (Å²) in [4.78, 5) is 0.183. The van der Waals surface area contributed by atoms with Crippen LogP contribution in [0.2, 0.25) is 0 Å². The molecule has 2 nitrogen and oxygen atoms in total. The summed E-state index contributed by atoms with van der Waals surface area (Å²) in [6.45, 7) is 0. The van der Waals surface area contributed by atoms with E-state index >= 15 is 0 Å². The molecule has 0 heterocycles. The summed E-state index contributed by atoms with van der Waals surface area (Å²) in [7, 11) is 1.70. The van der Waals surface area contributed by atoms with E-state index in [0.29, 0.717) is 9.74 Å². The summed E-state index contributed by atoms with van der Waals surface area (Å²) in [6.07, 6.45) is 0. The van der Waals surface area contributed by atoms with Crippen LogP contribution in [-0.2, 0) is 9.05 Å². The molecular formula is C10H6AsClO2S. The molecule has 0 amide bonds. The Kier molecular flexibility index (Phi) is 2.80. The van der Waals surface area contributed by atoms with Crippen LogP contribution in [0.5, 0.6) is 0 Å². The zero-order valence-electron chi connectivity index (χ0n) is 7.51. The molecule has 0 spiro atoms. The number of fused-ring (bicyclic) bond motifs is 1. The first-order valence-electron chi connectivity index (χ1n) is 4.15. The Balaban J connectivity index is 2.99. The molecule has 0 aliphatic carbocycles. The van der Waals surface area contributed by atoms with E-state index < -0.39 is 9.05 Å². The van der Waals surface area contributed by atoms with Gasteiger partial charge in [0.1, 0.15) is 0 Å². The Hall–Kier alpha value is -0.502. The second-order valence-electron chi connectivity index (χ2n) is 3.07. The van der Waals surface area contributed by atoms with Crippen molar-refractivity contribution < 1.29 is 8.42 Å². The Morgan fingerprint density at radius 1 is 1.07 bits per heavy atom. The van der Waals surface area contributed by atoms with E-state index in [1.165, 1.54) is 0 Å². The average molecular weight is 301 g/mol. The number of rotatable bonds is 1. The minimum absolute atomic E-state index is 0.183. The van der Waals surface area contributed by atoms with Crippen molar-refractivity contribution in [3.05, 3.63) is 36.4 Å². The molecule has 0 fully saturated rings. The van der Waals surface area contributed by atoms with Crippen LogP contribution in [0.25, 0.3) is 10.8 Å². The van der Waals surface area contributed by atoms with E-state index in [-0.39, 0.29) is 4.90 Å². The van der Waals surface area contributed by atoms with Gasteiger partial charge in [-0.1, -0.05) is 0 Å². The van der Waals surface area contributed by atoms with Crippen LogP contribution in [0.1, 0.15) is 0 Å². The van der Waals surface area contributed by atoms with Gasteiger partial charge in [0.15, 0.2) is 0 Å². The molecular weight excluding hydrogens is 295 g/mol. The van der Waals surface area contributed by atoms with Gasteiger partial charge in [0.25, 0.3) is 0 Å². The van der Waals surface area contributed by atoms with Crippen LogP contribution in [0.15, 0.2) is 41.3 Å². The number of halogens is 1. The number of hydrogen-bond acceptors (Lipinski definition) is 2. The van der Waals surface area contributed by atoms with Crippen LogP contribution in [0.4, 0.5) is 0 Å². The molecule has 2 rings (SSSR count). The van der Waals surface area contributed by atoms with Crippen LogP contribution in [0, 0.1) is 0 Å². The normalized spacial score (nSPS) is 11.9. The van der Waals surface area contributed by atoms with Crippen molar-refractivity contribution in [1.29, 1.82) is 0 Å². The fourth-order valence-corrected chi connectivity index (χ4v) is 4.27. The molecule has 0 aliphatic rings. The van der Waals surface area contributed by atoms with Gasteiger partial charge in [0.2, 0.25) is 0 Å². The molecule has 0 bridgehead atoms. The molecule has 5 heteroatoms. The van der Waals surface area contributed by atoms with Gasteiger partial charge in [-0.15, -0.1) is 0 Å². The van der Waals surface area contributed by atoms with Crippen LogP contribution in [-0.4, -0.2) is 25.3 Å². The van der Waals surface area contributed by atoms with E-state index in [0.717, 1.165) is 5.39 Å². The van der Waals surface area contributed by atoms with Gasteiger partial charge in [-0.3, -0.25) is 0 Å². The topological polar surface area (TPSA) is 34.1 Å². The van der Waals surface area contributed by atoms with E-state index in [1.807, 2.05) is 18.2 Å². The van der Waals surface area contributed by atoms with Crippen LogP contribution in [0.3, 0.4) is 0 Å². The predicted molar refractivity (Wildman–Crippen MR) is 62.4 cm³/mol. The summed E-state index contributed by atoms with van der Waals surface area (Å²) in [5.41, 5.74) is 0. The summed E-state index contributed by atoms with van der Waals surface area (Å²) in [5.74, 6) is 0. The Morgan fingerprint density at radius 3 is 2.40 bits per heavy atom. The zero-order chi connectivity index (χ0) is 11.1. The van der Waals surface area contributed by atoms with Crippen molar-refractivity contribution in [2.24, 2.45) is 0 Å². The standard InChI is InChI=1S/C10H6AsClO2S/c11-9-6-5-7-3-1-2-4-8(7)10(9)15(12,13)14/h1-6H. The molecule has 15 heavy (non-hydrogen) atoms. The van der Waals surface area contributed by atoms with Crippen molar-refractivity contribution in [3.8, 4) is 0 Å². The molecule has 0 atom stereocenters. The molecule has 0 saturated carbocycles. The summed E-state index contributed by atoms with van der Waals surface area (Å²) < 4.78 is 23.5. The van der Waals surface area contributed by atoms with Crippen molar-refractivity contribution in [1.82, 2.24) is 0 Å². The molecule has 2 radical (unpaired) electrons. The molecule has 76 valence electrons. The van der Waals surface area contributed by atoms with Gasteiger partial charge in [-0.05, 0) is 0 Å². The van der Waals surface area contributed by atoms with E-state index in [1.54, 1.807) is 18.2 Å². The molecule has 0 aliphatic heterocycles. The Bertz CT molecular complexity index is 622. The van der Waals surface area contributed by atoms with Gasteiger partial charge in [0.05, 0.1) is 0 Å². The maximum absolute atomic E-state index is 11.4. The van der Waals surface area contributed by atoms with Gasteiger partial charge in [-0.2, -0.15) is 0 Å². The van der Waals surface area contributed by atoms with Gasteiger partial charge < -0.3 is 0 Å². The molecule has 0 saturated heterocycles. The van der Waals surface area contributed by atoms with E-state index in [2.05, 4.69) is 16.9 Å². The number of hydrogen-bond donors (Lipinski definition) is 0. The third-order valence-electron chi connectivity index (χ3n) is 2.10. The second kappa shape index (κ2) is 3.82. The first-order valence-corrected chi connectivity index (χ1v) is 7.40.